The fourth-order valence-electron chi connectivity index (χ4n) is 2.36. The van der Waals surface area contributed by atoms with Gasteiger partial charge in [0.1, 0.15) is 6.04 Å². The summed E-state index contributed by atoms with van der Waals surface area (Å²) in [7, 11) is 0. The minimum Gasteiger partial charge on any atom is -0.270 e. The number of aromatic nitrogens is 4. The van der Waals surface area contributed by atoms with Gasteiger partial charge in [0.2, 0.25) is 0 Å². The largest absolute Gasteiger partial charge is 0.270 e. The summed E-state index contributed by atoms with van der Waals surface area (Å²) < 4.78 is 3.95. The van der Waals surface area contributed by atoms with Gasteiger partial charge in [0.25, 0.3) is 0 Å². The molecule has 6 nitrogen and oxygen atoms in total. The van der Waals surface area contributed by atoms with Crippen LogP contribution in [0, 0.1) is 6.92 Å². The quantitative estimate of drug-likeness (QED) is 0.633. The molecule has 0 aliphatic heterocycles. The highest BCUT2D eigenvalue weighted by Gasteiger charge is 2.22. The third-order valence-corrected chi connectivity index (χ3v) is 3.18. The van der Waals surface area contributed by atoms with Crippen LogP contribution >= 0.6 is 0 Å². The predicted molar refractivity (Wildman–Crippen MR) is 74.4 cm³/mol. The topological polar surface area (TPSA) is 73.7 Å². The van der Waals surface area contributed by atoms with Gasteiger partial charge in [-0.3, -0.25) is 15.2 Å². The summed E-state index contributed by atoms with van der Waals surface area (Å²) in [5, 5.41) is 8.84. The molecule has 0 aromatic carbocycles. The summed E-state index contributed by atoms with van der Waals surface area (Å²) in [5.74, 6) is 5.77. The van der Waals surface area contributed by atoms with Crippen molar-refractivity contribution in [1.82, 2.24) is 25.0 Å². The van der Waals surface area contributed by atoms with Crippen LogP contribution in [-0.4, -0.2) is 19.6 Å². The molecule has 0 spiro atoms. The molecule has 0 aliphatic carbocycles. The van der Waals surface area contributed by atoms with Crippen LogP contribution in [0.3, 0.4) is 0 Å². The number of nitrogens with two attached hydrogens (primary N) is 1. The Morgan fingerprint density at radius 1 is 1.37 bits per heavy atom. The van der Waals surface area contributed by atoms with Crippen LogP contribution in [0.15, 0.2) is 18.3 Å². The summed E-state index contributed by atoms with van der Waals surface area (Å²) in [6, 6.07) is 4.24. The monoisotopic (exact) mass is 262 g/mol. The normalized spacial score (nSPS) is 13.2. The van der Waals surface area contributed by atoms with Gasteiger partial charge in [-0.2, -0.15) is 10.2 Å². The van der Waals surface area contributed by atoms with Gasteiger partial charge in [-0.15, -0.1) is 0 Å². The van der Waals surface area contributed by atoms with E-state index < -0.39 is 0 Å². The molecule has 2 aromatic rings. The molecule has 0 amide bonds. The minimum atomic E-state index is -0.106. The number of hydrogen-bond donors (Lipinski definition) is 2. The minimum absolute atomic E-state index is 0.106. The lowest BCUT2D eigenvalue weighted by molar-refractivity contribution is 0.459. The van der Waals surface area contributed by atoms with Gasteiger partial charge in [-0.05, 0) is 39.8 Å². The Kier molecular flexibility index (Phi) is 4.01. The molecule has 0 radical (unpaired) electrons. The number of nitrogens with one attached hydrogen (secondary N) is 1. The molecular formula is C13H22N6. The van der Waals surface area contributed by atoms with Gasteiger partial charge < -0.3 is 0 Å². The summed E-state index contributed by atoms with van der Waals surface area (Å²) in [6.45, 7) is 9.09. The highest BCUT2D eigenvalue weighted by molar-refractivity contribution is 5.24. The van der Waals surface area contributed by atoms with Crippen molar-refractivity contribution >= 4 is 0 Å². The Bertz CT molecular complexity index is 539. The lowest BCUT2D eigenvalue weighted by atomic mass is 10.1. The van der Waals surface area contributed by atoms with Crippen LogP contribution in [0.2, 0.25) is 0 Å². The summed E-state index contributed by atoms with van der Waals surface area (Å²) in [4.78, 5) is 0. The second-order valence-corrected chi connectivity index (χ2v) is 4.92. The second-order valence-electron chi connectivity index (χ2n) is 4.92. The smallest absolute Gasteiger partial charge is 0.105 e. The highest BCUT2D eigenvalue weighted by Crippen LogP contribution is 2.24. The number of nitrogens with zero attached hydrogens (tertiary/aromatic N) is 4. The standard InChI is InChI=1S/C13H22N6/c1-5-18-12(8-10(4)17-18)13(16-14)11-6-7-15-19(11)9(2)3/h6-9,13,16H,5,14H2,1-4H3. The van der Waals surface area contributed by atoms with E-state index in [2.05, 4.69) is 42.5 Å². The first kappa shape index (κ1) is 13.8. The van der Waals surface area contributed by atoms with Crippen molar-refractivity contribution in [1.29, 1.82) is 0 Å². The summed E-state index contributed by atoms with van der Waals surface area (Å²) >= 11 is 0. The third kappa shape index (κ3) is 2.54. The lowest BCUT2D eigenvalue weighted by Crippen LogP contribution is -2.32. The van der Waals surface area contributed by atoms with Gasteiger partial charge in [0.05, 0.1) is 17.1 Å². The molecule has 1 atom stereocenters. The highest BCUT2D eigenvalue weighted by atomic mass is 15.4. The van der Waals surface area contributed by atoms with Crippen LogP contribution < -0.4 is 11.3 Å². The Balaban J connectivity index is 2.46. The van der Waals surface area contributed by atoms with Gasteiger partial charge in [0, 0.05) is 18.8 Å². The van der Waals surface area contributed by atoms with Crippen molar-refractivity contribution in [2.45, 2.75) is 46.3 Å². The maximum atomic E-state index is 5.77. The molecule has 3 N–H and O–H groups in total. The molecule has 0 bridgehead atoms. The van der Waals surface area contributed by atoms with E-state index in [0.717, 1.165) is 23.6 Å². The second kappa shape index (κ2) is 5.54. The molecule has 0 aliphatic rings. The Morgan fingerprint density at radius 2 is 2.11 bits per heavy atom. The third-order valence-electron chi connectivity index (χ3n) is 3.18. The fourth-order valence-corrected chi connectivity index (χ4v) is 2.36. The molecule has 0 saturated carbocycles. The van der Waals surface area contributed by atoms with Gasteiger partial charge in [0.15, 0.2) is 0 Å². The molecule has 19 heavy (non-hydrogen) atoms. The summed E-state index contributed by atoms with van der Waals surface area (Å²) in [5.41, 5.74) is 5.98. The zero-order valence-electron chi connectivity index (χ0n) is 12.0. The van der Waals surface area contributed by atoms with Crippen LogP contribution in [0.4, 0.5) is 0 Å². The van der Waals surface area contributed by atoms with Crippen molar-refractivity contribution in [3.8, 4) is 0 Å². The zero-order chi connectivity index (χ0) is 14.0. The van der Waals surface area contributed by atoms with E-state index in [0.29, 0.717) is 6.04 Å². The predicted octanol–water partition coefficient (Wildman–Crippen LogP) is 1.54. The van der Waals surface area contributed by atoms with Crippen LogP contribution in [-0.2, 0) is 6.54 Å². The fraction of sp³-hybridized carbons (Fsp3) is 0.538. The molecule has 0 saturated heterocycles. The van der Waals surface area contributed by atoms with E-state index in [1.807, 2.05) is 22.4 Å². The maximum absolute atomic E-state index is 5.77. The molecule has 104 valence electrons. The first-order valence-corrected chi connectivity index (χ1v) is 6.62. The average Bonchev–Trinajstić information content (AvgIpc) is 2.97. The van der Waals surface area contributed by atoms with Crippen LogP contribution in [0.5, 0.6) is 0 Å². The SMILES string of the molecule is CCn1nc(C)cc1C(NN)c1ccnn1C(C)C. The van der Waals surface area contributed by atoms with Crippen LogP contribution in [0.25, 0.3) is 0 Å². The number of rotatable bonds is 5. The van der Waals surface area contributed by atoms with E-state index in [1.165, 1.54) is 0 Å². The number of hydrazine groups is 1. The van der Waals surface area contributed by atoms with Crippen LogP contribution in [0.1, 0.15) is 49.9 Å². The molecular weight excluding hydrogens is 240 g/mol. The first-order valence-electron chi connectivity index (χ1n) is 6.62. The molecule has 2 aromatic heterocycles. The van der Waals surface area contributed by atoms with Crippen molar-refractivity contribution in [3.63, 3.8) is 0 Å². The molecule has 2 heterocycles. The Morgan fingerprint density at radius 3 is 2.68 bits per heavy atom. The average molecular weight is 262 g/mol. The Hall–Kier alpha value is -1.66. The molecule has 2 rings (SSSR count). The van der Waals surface area contributed by atoms with Gasteiger partial charge in [-0.1, -0.05) is 0 Å². The van der Waals surface area contributed by atoms with Crippen molar-refractivity contribution in [2.24, 2.45) is 5.84 Å². The maximum Gasteiger partial charge on any atom is 0.105 e. The Labute approximate surface area is 113 Å². The van der Waals surface area contributed by atoms with Gasteiger partial charge in [-0.25, -0.2) is 5.43 Å². The van der Waals surface area contributed by atoms with E-state index >= 15 is 0 Å². The lowest BCUT2D eigenvalue weighted by Gasteiger charge is -2.20. The zero-order valence-corrected chi connectivity index (χ0v) is 12.0. The van der Waals surface area contributed by atoms with E-state index in [4.69, 9.17) is 5.84 Å². The van der Waals surface area contributed by atoms with Crippen molar-refractivity contribution < 1.29 is 0 Å². The summed E-state index contributed by atoms with van der Waals surface area (Å²) in [6.07, 6.45) is 1.80. The van der Waals surface area contributed by atoms with E-state index in [-0.39, 0.29) is 6.04 Å². The van der Waals surface area contributed by atoms with E-state index in [9.17, 15) is 0 Å². The molecule has 0 fully saturated rings. The van der Waals surface area contributed by atoms with E-state index in [1.54, 1.807) is 6.20 Å². The van der Waals surface area contributed by atoms with Crippen molar-refractivity contribution in [3.05, 3.63) is 35.4 Å². The number of aryl methyl sites for hydroxylation is 2. The molecule has 1 unspecified atom stereocenters. The first-order chi connectivity index (χ1) is 9.08. The number of hydrogen-bond acceptors (Lipinski definition) is 4. The van der Waals surface area contributed by atoms with Crippen molar-refractivity contribution in [2.75, 3.05) is 0 Å². The van der Waals surface area contributed by atoms with Gasteiger partial charge >= 0.3 is 0 Å². The molecule has 6 heteroatoms.